The zero-order valence-corrected chi connectivity index (χ0v) is 29.8. The molecule has 50 heavy (non-hydrogen) atoms. The van der Waals surface area contributed by atoms with Crippen LogP contribution in [0.1, 0.15) is 46.0 Å². The number of para-hydroxylation sites is 1. The van der Waals surface area contributed by atoms with Crippen molar-refractivity contribution in [3.05, 3.63) is 89.8 Å². The highest BCUT2D eigenvalue weighted by molar-refractivity contribution is 5.97. The third-order valence-electron chi connectivity index (χ3n) is 10.1. The first-order valence-electron chi connectivity index (χ1n) is 18.1. The summed E-state index contributed by atoms with van der Waals surface area (Å²) in [7, 11) is 1.72. The molecule has 2 aromatic rings. The Hall–Kier alpha value is -4.28. The summed E-state index contributed by atoms with van der Waals surface area (Å²) >= 11 is 0. The number of amides is 3. The number of allylic oxidation sites excluding steroid dienone is 2. The van der Waals surface area contributed by atoms with Crippen molar-refractivity contribution in [3.8, 4) is 11.1 Å². The van der Waals surface area contributed by atoms with E-state index in [1.165, 1.54) is 0 Å². The van der Waals surface area contributed by atoms with Crippen LogP contribution in [-0.2, 0) is 14.3 Å². The van der Waals surface area contributed by atoms with Crippen molar-refractivity contribution in [1.82, 2.24) is 19.6 Å². The monoisotopic (exact) mass is 685 g/mol. The number of ether oxygens (including phenoxy) is 1. The van der Waals surface area contributed by atoms with E-state index in [1.54, 1.807) is 18.0 Å². The Balaban J connectivity index is 1.02. The van der Waals surface area contributed by atoms with Crippen molar-refractivity contribution < 1.29 is 23.5 Å². The molecule has 2 fully saturated rings. The summed E-state index contributed by atoms with van der Waals surface area (Å²) < 4.78 is 20.9. The molecule has 2 aliphatic heterocycles. The number of likely N-dealkylation sites (N-methyl/N-ethyl adjacent to an activating group) is 1. The van der Waals surface area contributed by atoms with Crippen LogP contribution < -0.4 is 5.32 Å². The van der Waals surface area contributed by atoms with Crippen LogP contribution >= 0.6 is 0 Å². The predicted octanol–water partition coefficient (Wildman–Crippen LogP) is 6.52. The Morgan fingerprint density at radius 3 is 2.24 bits per heavy atom. The number of anilines is 1. The van der Waals surface area contributed by atoms with Gasteiger partial charge in [0.1, 0.15) is 11.9 Å². The summed E-state index contributed by atoms with van der Waals surface area (Å²) in [5.74, 6) is -0.417. The molecular weight excluding hydrogens is 633 g/mol. The first kappa shape index (κ1) is 37.0. The zero-order valence-electron chi connectivity index (χ0n) is 29.8. The van der Waals surface area contributed by atoms with Crippen LogP contribution in [-0.4, -0.2) is 110 Å². The van der Waals surface area contributed by atoms with Gasteiger partial charge in [0.25, 0.3) is 5.91 Å². The molecular formula is C40H52FN5O4. The lowest BCUT2D eigenvalue weighted by Crippen LogP contribution is -2.43. The number of nitrogens with zero attached hydrogens (tertiary/aromatic N) is 4. The fourth-order valence-corrected chi connectivity index (χ4v) is 6.98. The van der Waals surface area contributed by atoms with Crippen LogP contribution in [0.5, 0.6) is 0 Å². The molecule has 1 N–H and O–H groups in total. The van der Waals surface area contributed by atoms with Crippen LogP contribution in [0.15, 0.2) is 89.8 Å². The second-order valence-electron chi connectivity index (χ2n) is 13.4. The Morgan fingerprint density at radius 2 is 1.54 bits per heavy atom. The second kappa shape index (κ2) is 18.1. The van der Waals surface area contributed by atoms with E-state index in [1.807, 2.05) is 85.5 Å². The quantitative estimate of drug-likeness (QED) is 0.274. The van der Waals surface area contributed by atoms with E-state index in [2.05, 4.69) is 15.1 Å². The fraction of sp³-hybridized carbons (Fsp3) is 0.475. The predicted molar refractivity (Wildman–Crippen MR) is 196 cm³/mol. The van der Waals surface area contributed by atoms with Crippen molar-refractivity contribution >= 4 is 23.6 Å². The lowest BCUT2D eigenvalue weighted by atomic mass is 9.95. The highest BCUT2D eigenvalue weighted by atomic mass is 19.1. The number of carbonyl (C=O) groups excluding carboxylic acids is 3. The number of likely N-dealkylation sites (tertiary alicyclic amines) is 2. The molecule has 9 nitrogen and oxygen atoms in total. The van der Waals surface area contributed by atoms with Crippen LogP contribution in [0.25, 0.3) is 11.1 Å². The van der Waals surface area contributed by atoms with Gasteiger partial charge in [0, 0.05) is 70.8 Å². The molecule has 5 rings (SSSR count). The first-order valence-corrected chi connectivity index (χ1v) is 18.1. The van der Waals surface area contributed by atoms with Crippen LogP contribution in [0.3, 0.4) is 0 Å². The molecule has 0 unspecified atom stereocenters. The summed E-state index contributed by atoms with van der Waals surface area (Å²) in [5.41, 5.74) is 3.74. The third kappa shape index (κ3) is 9.91. The molecule has 0 spiro atoms. The molecule has 268 valence electrons. The fourth-order valence-electron chi connectivity index (χ4n) is 6.98. The third-order valence-corrected chi connectivity index (χ3v) is 10.1. The molecule has 2 saturated heterocycles. The SMILES string of the molecule is CCN(CC)C(=O)C1CCN(CC2=CCC(F)=C(C(=O)N(C)CCN3CCC(OC(=O)Nc4ccccc4-c4ccccc4)CC3)C=C2)CC1. The highest BCUT2D eigenvalue weighted by Gasteiger charge is 2.28. The lowest BCUT2D eigenvalue weighted by Gasteiger charge is -2.33. The van der Waals surface area contributed by atoms with Gasteiger partial charge in [0.2, 0.25) is 5.91 Å². The largest absolute Gasteiger partial charge is 0.446 e. The number of hydrogen-bond donors (Lipinski definition) is 1. The smallest absolute Gasteiger partial charge is 0.411 e. The summed E-state index contributed by atoms with van der Waals surface area (Å²) in [6, 6.07) is 17.6. The number of rotatable bonds is 12. The van der Waals surface area contributed by atoms with Crippen molar-refractivity contribution in [3.63, 3.8) is 0 Å². The highest BCUT2D eigenvalue weighted by Crippen LogP contribution is 2.28. The number of halogens is 1. The van der Waals surface area contributed by atoms with E-state index in [-0.39, 0.29) is 35.8 Å². The molecule has 3 aliphatic rings. The molecule has 0 bridgehead atoms. The maximum atomic E-state index is 15.2. The number of nitrogens with one attached hydrogen (secondary N) is 1. The maximum absolute atomic E-state index is 15.2. The van der Waals surface area contributed by atoms with E-state index in [0.717, 1.165) is 68.8 Å². The molecule has 1 aliphatic carbocycles. The van der Waals surface area contributed by atoms with Gasteiger partial charge in [0.05, 0.1) is 11.3 Å². The van der Waals surface area contributed by atoms with Crippen molar-refractivity contribution in [2.45, 2.75) is 52.1 Å². The van der Waals surface area contributed by atoms with Crippen molar-refractivity contribution in [2.24, 2.45) is 5.92 Å². The van der Waals surface area contributed by atoms with E-state index in [4.69, 9.17) is 4.74 Å². The van der Waals surface area contributed by atoms with Gasteiger partial charge in [-0.2, -0.15) is 0 Å². The summed E-state index contributed by atoms with van der Waals surface area (Å²) in [5, 5.41) is 2.92. The van der Waals surface area contributed by atoms with Gasteiger partial charge >= 0.3 is 6.09 Å². The number of benzene rings is 2. The minimum Gasteiger partial charge on any atom is -0.446 e. The van der Waals surface area contributed by atoms with Gasteiger partial charge in [-0.15, -0.1) is 0 Å². The molecule has 2 aromatic carbocycles. The molecule has 0 radical (unpaired) electrons. The topological polar surface area (TPSA) is 85.4 Å². The zero-order chi connectivity index (χ0) is 35.5. The Bertz CT molecular complexity index is 1550. The van der Waals surface area contributed by atoms with E-state index in [0.29, 0.717) is 38.2 Å². The van der Waals surface area contributed by atoms with Crippen LogP contribution in [0.4, 0.5) is 14.9 Å². The molecule has 0 aromatic heterocycles. The Kier molecular flexibility index (Phi) is 13.4. The number of hydrogen-bond acceptors (Lipinski definition) is 6. The van der Waals surface area contributed by atoms with Crippen molar-refractivity contribution in [1.29, 1.82) is 0 Å². The van der Waals surface area contributed by atoms with Crippen LogP contribution in [0, 0.1) is 5.92 Å². The minimum absolute atomic E-state index is 0.0731. The van der Waals surface area contributed by atoms with Crippen molar-refractivity contribution in [2.75, 3.05) is 71.3 Å². The van der Waals surface area contributed by atoms with Gasteiger partial charge < -0.3 is 19.4 Å². The Morgan fingerprint density at radius 1 is 0.880 bits per heavy atom. The van der Waals surface area contributed by atoms with Gasteiger partial charge in [-0.05, 0) is 75.9 Å². The minimum atomic E-state index is -0.464. The standard InChI is InChI=1S/C40H52FN5O4/c1-4-46(5-2)38(47)32-19-23-45(24-20-32)29-30-15-17-35(36(41)18-16-30)39(48)43(3)27-28-44-25-21-33(22-26-44)50-40(49)42-37-14-10-9-13-34(37)31-11-7-6-8-12-31/h6-17,32-33H,4-5,18-29H2,1-3H3,(H,42,49). The van der Waals surface area contributed by atoms with Crippen LogP contribution in [0.2, 0.25) is 0 Å². The van der Waals surface area contributed by atoms with E-state index < -0.39 is 11.9 Å². The second-order valence-corrected chi connectivity index (χ2v) is 13.4. The van der Waals surface area contributed by atoms with Gasteiger partial charge in [0.15, 0.2) is 0 Å². The van der Waals surface area contributed by atoms with E-state index in [9.17, 15) is 14.4 Å². The molecule has 3 amide bonds. The number of piperidine rings is 2. The number of carbonyl (C=O) groups is 3. The molecule has 2 heterocycles. The Labute approximate surface area is 296 Å². The summed E-state index contributed by atoms with van der Waals surface area (Å²) in [6.45, 7) is 10.4. The van der Waals surface area contributed by atoms with E-state index >= 15 is 4.39 Å². The first-order chi connectivity index (χ1) is 24.2. The summed E-state index contributed by atoms with van der Waals surface area (Å²) in [4.78, 5) is 46.9. The molecule has 0 atom stereocenters. The molecule has 0 saturated carbocycles. The normalized spacial score (nSPS) is 18.0. The lowest BCUT2D eigenvalue weighted by molar-refractivity contribution is -0.136. The summed E-state index contributed by atoms with van der Waals surface area (Å²) in [6.07, 6.45) is 7.86. The van der Waals surface area contributed by atoms with Gasteiger partial charge in [-0.3, -0.25) is 19.8 Å². The average molecular weight is 686 g/mol. The van der Waals surface area contributed by atoms with Gasteiger partial charge in [-0.1, -0.05) is 60.7 Å². The molecule has 10 heteroatoms. The maximum Gasteiger partial charge on any atom is 0.411 e. The average Bonchev–Trinajstić information content (AvgIpc) is 3.32. The van der Waals surface area contributed by atoms with Gasteiger partial charge in [-0.25, -0.2) is 9.18 Å².